The van der Waals surface area contributed by atoms with E-state index in [4.69, 9.17) is 9.97 Å². The highest BCUT2D eigenvalue weighted by atomic mass is 15.3. The van der Waals surface area contributed by atoms with E-state index in [9.17, 15) is 0 Å². The first-order valence-corrected chi connectivity index (χ1v) is 11.2. The fourth-order valence-electron chi connectivity index (χ4n) is 4.11. The molecular formula is C22H40N6. The third-order valence-electron chi connectivity index (χ3n) is 6.09. The molecule has 2 aliphatic heterocycles. The second-order valence-corrected chi connectivity index (χ2v) is 9.21. The van der Waals surface area contributed by atoms with Crippen LogP contribution in [-0.4, -0.2) is 85.2 Å². The van der Waals surface area contributed by atoms with Gasteiger partial charge in [0.15, 0.2) is 0 Å². The molecule has 0 atom stereocenters. The summed E-state index contributed by atoms with van der Waals surface area (Å²) < 4.78 is 0. The normalized spacial score (nSPS) is 20.9. The Hall–Kier alpha value is -1.40. The van der Waals surface area contributed by atoms with Crippen molar-refractivity contribution in [1.82, 2.24) is 19.8 Å². The third kappa shape index (κ3) is 5.35. The molecule has 2 fully saturated rings. The molecule has 158 valence electrons. The second-order valence-electron chi connectivity index (χ2n) is 9.21. The lowest BCUT2D eigenvalue weighted by Gasteiger charge is -2.28. The van der Waals surface area contributed by atoms with E-state index in [2.05, 4.69) is 60.3 Å². The minimum absolute atomic E-state index is 0.0482. The predicted molar refractivity (Wildman–Crippen MR) is 119 cm³/mol. The van der Waals surface area contributed by atoms with Gasteiger partial charge in [-0.05, 0) is 39.0 Å². The second kappa shape index (κ2) is 9.40. The van der Waals surface area contributed by atoms with Gasteiger partial charge in [-0.2, -0.15) is 0 Å². The van der Waals surface area contributed by atoms with Crippen molar-refractivity contribution < 1.29 is 0 Å². The first-order valence-electron chi connectivity index (χ1n) is 11.2. The maximum Gasteiger partial charge on any atom is 0.138 e. The Morgan fingerprint density at radius 2 is 1.18 bits per heavy atom. The molecule has 0 N–H and O–H groups in total. The molecule has 6 heteroatoms. The van der Waals surface area contributed by atoms with Crippen LogP contribution in [0.2, 0.25) is 0 Å². The Morgan fingerprint density at radius 1 is 0.714 bits per heavy atom. The van der Waals surface area contributed by atoms with Gasteiger partial charge in [0.1, 0.15) is 17.5 Å². The van der Waals surface area contributed by atoms with Crippen molar-refractivity contribution in [3.63, 3.8) is 0 Å². The van der Waals surface area contributed by atoms with E-state index in [0.717, 1.165) is 69.8 Å². The SMILES string of the molecule is CCN1CCCN(c2cc(N3CCCN(CC)CC3)nc(C(C)(C)C)n2)CC1. The van der Waals surface area contributed by atoms with E-state index in [1.54, 1.807) is 0 Å². The summed E-state index contributed by atoms with van der Waals surface area (Å²) in [7, 11) is 0. The molecule has 0 spiro atoms. The summed E-state index contributed by atoms with van der Waals surface area (Å²) in [6.07, 6.45) is 2.40. The van der Waals surface area contributed by atoms with Crippen molar-refractivity contribution in [2.24, 2.45) is 0 Å². The number of hydrogen-bond acceptors (Lipinski definition) is 6. The van der Waals surface area contributed by atoms with Crippen molar-refractivity contribution >= 4 is 11.6 Å². The quantitative estimate of drug-likeness (QED) is 0.790. The van der Waals surface area contributed by atoms with Gasteiger partial charge >= 0.3 is 0 Å². The molecule has 0 bridgehead atoms. The topological polar surface area (TPSA) is 38.7 Å². The Labute approximate surface area is 171 Å². The Balaban J connectivity index is 1.87. The Kier molecular flexibility index (Phi) is 7.15. The van der Waals surface area contributed by atoms with Crippen LogP contribution in [0.1, 0.15) is 53.3 Å². The fourth-order valence-corrected chi connectivity index (χ4v) is 4.11. The average Bonchev–Trinajstić information content (AvgIpc) is 3.07. The molecule has 0 aliphatic carbocycles. The Bertz CT molecular complexity index is 582. The number of rotatable bonds is 4. The number of aromatic nitrogens is 2. The van der Waals surface area contributed by atoms with Crippen LogP contribution in [0.5, 0.6) is 0 Å². The molecule has 2 saturated heterocycles. The molecular weight excluding hydrogens is 348 g/mol. The Morgan fingerprint density at radius 3 is 1.57 bits per heavy atom. The van der Waals surface area contributed by atoms with E-state index in [1.165, 1.54) is 25.9 Å². The lowest BCUT2D eigenvalue weighted by Crippen LogP contribution is -2.34. The molecule has 28 heavy (non-hydrogen) atoms. The maximum absolute atomic E-state index is 5.03. The molecule has 3 heterocycles. The number of hydrogen-bond donors (Lipinski definition) is 0. The zero-order valence-corrected chi connectivity index (χ0v) is 18.7. The van der Waals surface area contributed by atoms with Crippen LogP contribution < -0.4 is 9.80 Å². The zero-order chi connectivity index (χ0) is 20.1. The summed E-state index contributed by atoms with van der Waals surface area (Å²) in [5, 5.41) is 0. The zero-order valence-electron chi connectivity index (χ0n) is 18.7. The summed E-state index contributed by atoms with van der Waals surface area (Å²) in [4.78, 5) is 20.1. The van der Waals surface area contributed by atoms with E-state index in [-0.39, 0.29) is 5.41 Å². The monoisotopic (exact) mass is 388 g/mol. The smallest absolute Gasteiger partial charge is 0.138 e. The van der Waals surface area contributed by atoms with Gasteiger partial charge in [0.2, 0.25) is 0 Å². The highest BCUT2D eigenvalue weighted by Crippen LogP contribution is 2.27. The van der Waals surface area contributed by atoms with Crippen LogP contribution in [0.15, 0.2) is 6.07 Å². The van der Waals surface area contributed by atoms with Crippen molar-refractivity contribution in [1.29, 1.82) is 0 Å². The molecule has 3 rings (SSSR count). The van der Waals surface area contributed by atoms with Crippen LogP contribution in [0.4, 0.5) is 11.6 Å². The summed E-state index contributed by atoms with van der Waals surface area (Å²) in [6.45, 7) is 22.3. The van der Waals surface area contributed by atoms with Crippen LogP contribution in [0.3, 0.4) is 0 Å². The van der Waals surface area contributed by atoms with E-state index in [0.29, 0.717) is 0 Å². The van der Waals surface area contributed by atoms with Crippen molar-refractivity contribution in [2.75, 3.05) is 75.2 Å². The highest BCUT2D eigenvalue weighted by molar-refractivity contribution is 5.52. The van der Waals surface area contributed by atoms with Crippen LogP contribution in [-0.2, 0) is 5.41 Å². The largest absolute Gasteiger partial charge is 0.355 e. The summed E-state index contributed by atoms with van der Waals surface area (Å²) in [6, 6.07) is 2.25. The lowest BCUT2D eigenvalue weighted by molar-refractivity contribution is 0.310. The standard InChI is InChI=1S/C22H40N6/c1-6-25-10-8-12-27(16-14-25)19-18-20(24-21(23-19)22(3,4)5)28-13-9-11-26(7-2)15-17-28/h18H,6-17H2,1-5H3. The van der Waals surface area contributed by atoms with Crippen LogP contribution in [0.25, 0.3) is 0 Å². The van der Waals surface area contributed by atoms with E-state index >= 15 is 0 Å². The molecule has 0 saturated carbocycles. The molecule has 1 aromatic heterocycles. The predicted octanol–water partition coefficient (Wildman–Crippen LogP) is 2.84. The van der Waals surface area contributed by atoms with Crippen molar-refractivity contribution in [3.8, 4) is 0 Å². The fraction of sp³-hybridized carbons (Fsp3) is 0.818. The van der Waals surface area contributed by atoms with E-state index in [1.807, 2.05) is 0 Å². The van der Waals surface area contributed by atoms with Gasteiger partial charge in [-0.3, -0.25) is 0 Å². The number of nitrogens with zero attached hydrogens (tertiary/aromatic N) is 6. The lowest BCUT2D eigenvalue weighted by atomic mass is 9.95. The molecule has 0 unspecified atom stereocenters. The van der Waals surface area contributed by atoms with Gasteiger partial charge in [-0.15, -0.1) is 0 Å². The van der Waals surface area contributed by atoms with Crippen LogP contribution in [0, 0.1) is 0 Å². The van der Waals surface area contributed by atoms with Gasteiger partial charge in [0, 0.05) is 50.7 Å². The number of anilines is 2. The van der Waals surface area contributed by atoms with Gasteiger partial charge < -0.3 is 19.6 Å². The first kappa shape index (κ1) is 21.3. The summed E-state index contributed by atoms with van der Waals surface area (Å²) in [5.41, 5.74) is -0.0482. The molecule has 0 radical (unpaired) electrons. The minimum atomic E-state index is -0.0482. The summed E-state index contributed by atoms with van der Waals surface area (Å²) >= 11 is 0. The third-order valence-corrected chi connectivity index (χ3v) is 6.09. The van der Waals surface area contributed by atoms with Crippen molar-refractivity contribution in [3.05, 3.63) is 11.9 Å². The highest BCUT2D eigenvalue weighted by Gasteiger charge is 2.24. The summed E-state index contributed by atoms with van der Waals surface area (Å²) in [5.74, 6) is 3.20. The van der Waals surface area contributed by atoms with E-state index < -0.39 is 0 Å². The molecule has 2 aliphatic rings. The van der Waals surface area contributed by atoms with Gasteiger partial charge in [-0.25, -0.2) is 9.97 Å². The van der Waals surface area contributed by atoms with Gasteiger partial charge in [0.05, 0.1) is 0 Å². The van der Waals surface area contributed by atoms with Crippen molar-refractivity contribution in [2.45, 2.75) is 52.9 Å². The number of likely N-dealkylation sites (N-methyl/N-ethyl adjacent to an activating group) is 2. The maximum atomic E-state index is 5.03. The molecule has 0 aromatic carbocycles. The van der Waals surface area contributed by atoms with Gasteiger partial charge in [0.25, 0.3) is 0 Å². The average molecular weight is 389 g/mol. The molecule has 1 aromatic rings. The molecule has 6 nitrogen and oxygen atoms in total. The molecule has 0 amide bonds. The first-order chi connectivity index (χ1) is 13.4. The van der Waals surface area contributed by atoms with Gasteiger partial charge in [-0.1, -0.05) is 34.6 Å². The minimum Gasteiger partial charge on any atom is -0.355 e. The van der Waals surface area contributed by atoms with Crippen LogP contribution >= 0.6 is 0 Å².